The summed E-state index contributed by atoms with van der Waals surface area (Å²) in [7, 11) is 0. The average Bonchev–Trinajstić information content (AvgIpc) is 2.97. The molecule has 1 fully saturated rings. The van der Waals surface area contributed by atoms with E-state index in [2.05, 4.69) is 19.9 Å². The van der Waals surface area contributed by atoms with Gasteiger partial charge in [0.2, 0.25) is 0 Å². The van der Waals surface area contributed by atoms with Crippen LogP contribution in [-0.2, 0) is 0 Å². The van der Waals surface area contributed by atoms with E-state index in [9.17, 15) is 13.2 Å². The first-order chi connectivity index (χ1) is 10.9. The number of hydrogen-bond acceptors (Lipinski definition) is 3. The van der Waals surface area contributed by atoms with Crippen molar-refractivity contribution in [3.63, 3.8) is 0 Å². The Balaban J connectivity index is 1.73. The third kappa shape index (κ3) is 6.77. The quantitative estimate of drug-likeness (QED) is 0.478. The Kier molecular flexibility index (Phi) is 6.09. The number of nitrogens with zero attached hydrogens (tertiary/aromatic N) is 2. The van der Waals surface area contributed by atoms with Crippen molar-refractivity contribution in [3.8, 4) is 5.75 Å². The van der Waals surface area contributed by atoms with Gasteiger partial charge in [-0.25, -0.2) is 0 Å². The maximum Gasteiger partial charge on any atom is 0.573 e. The Bertz CT molecular complexity index is 510. The number of guanidine groups is 1. The number of rotatable bonds is 6. The zero-order valence-corrected chi connectivity index (χ0v) is 12.8. The molecule has 8 heteroatoms. The van der Waals surface area contributed by atoms with Crippen LogP contribution < -0.4 is 15.8 Å². The normalized spacial score (nSPS) is 16.6. The maximum atomic E-state index is 12.1. The van der Waals surface area contributed by atoms with Crippen LogP contribution in [0.5, 0.6) is 5.75 Å². The van der Waals surface area contributed by atoms with Gasteiger partial charge in [0.05, 0.1) is 0 Å². The van der Waals surface area contributed by atoms with Crippen LogP contribution in [0.2, 0.25) is 0 Å². The topological polar surface area (TPSA) is 62.9 Å². The predicted octanol–water partition coefficient (Wildman–Crippen LogP) is 2.80. The molecule has 1 aromatic rings. The van der Waals surface area contributed by atoms with Crippen molar-refractivity contribution in [3.05, 3.63) is 24.3 Å². The molecule has 0 aromatic heterocycles. The highest BCUT2D eigenvalue weighted by molar-refractivity contribution is 5.92. The molecular weight excluding hydrogens is 309 g/mol. The molecule has 1 heterocycles. The van der Waals surface area contributed by atoms with Gasteiger partial charge in [-0.3, -0.25) is 4.99 Å². The highest BCUT2D eigenvalue weighted by Gasteiger charge is 2.30. The molecule has 0 atom stereocenters. The summed E-state index contributed by atoms with van der Waals surface area (Å²) < 4.78 is 40.0. The molecule has 1 aliphatic rings. The summed E-state index contributed by atoms with van der Waals surface area (Å²) in [6.45, 7) is 3.94. The second kappa shape index (κ2) is 8.05. The number of nitrogens with one attached hydrogen (secondary N) is 1. The van der Waals surface area contributed by atoms with Gasteiger partial charge in [0.25, 0.3) is 0 Å². The van der Waals surface area contributed by atoms with Crippen LogP contribution in [0.1, 0.15) is 19.3 Å². The standard InChI is InChI=1S/C15H21F3N4O/c16-15(17,18)23-13-6-4-12(5-7-13)21-14(19)20-8-3-11-22-9-1-2-10-22/h4-7H,1-3,8-11H2,(H3,19,20,21). The zero-order chi connectivity index (χ0) is 16.7. The van der Waals surface area contributed by atoms with Gasteiger partial charge in [-0.05, 0) is 63.2 Å². The second-order valence-corrected chi connectivity index (χ2v) is 5.37. The van der Waals surface area contributed by atoms with Crippen LogP contribution in [0.3, 0.4) is 0 Å². The molecule has 3 N–H and O–H groups in total. The molecule has 0 saturated carbocycles. The summed E-state index contributed by atoms with van der Waals surface area (Å²) in [6.07, 6.45) is -1.23. The summed E-state index contributed by atoms with van der Waals surface area (Å²) in [6, 6.07) is 5.34. The minimum Gasteiger partial charge on any atom is -0.406 e. The van der Waals surface area contributed by atoms with Crippen molar-refractivity contribution in [2.24, 2.45) is 10.7 Å². The van der Waals surface area contributed by atoms with E-state index in [-0.39, 0.29) is 11.7 Å². The van der Waals surface area contributed by atoms with Crippen molar-refractivity contribution in [1.29, 1.82) is 0 Å². The molecule has 0 amide bonds. The van der Waals surface area contributed by atoms with Crippen LogP contribution in [0, 0.1) is 0 Å². The summed E-state index contributed by atoms with van der Waals surface area (Å²) >= 11 is 0. The number of alkyl halides is 3. The molecule has 1 aliphatic heterocycles. The fourth-order valence-corrected chi connectivity index (χ4v) is 2.43. The molecule has 23 heavy (non-hydrogen) atoms. The van der Waals surface area contributed by atoms with Crippen molar-refractivity contribution < 1.29 is 17.9 Å². The minimum atomic E-state index is -4.69. The van der Waals surface area contributed by atoms with Crippen LogP contribution in [-0.4, -0.2) is 43.4 Å². The fourth-order valence-electron chi connectivity index (χ4n) is 2.43. The van der Waals surface area contributed by atoms with E-state index >= 15 is 0 Å². The lowest BCUT2D eigenvalue weighted by molar-refractivity contribution is -0.274. The second-order valence-electron chi connectivity index (χ2n) is 5.37. The van der Waals surface area contributed by atoms with Crippen LogP contribution in [0.4, 0.5) is 18.9 Å². The monoisotopic (exact) mass is 330 g/mol. The van der Waals surface area contributed by atoms with E-state index in [1.807, 2.05) is 0 Å². The number of likely N-dealkylation sites (tertiary alicyclic amines) is 1. The van der Waals surface area contributed by atoms with E-state index in [0.29, 0.717) is 12.2 Å². The van der Waals surface area contributed by atoms with E-state index < -0.39 is 6.36 Å². The molecule has 1 aromatic carbocycles. The van der Waals surface area contributed by atoms with Crippen molar-refractivity contribution in [1.82, 2.24) is 4.90 Å². The number of ether oxygens (including phenoxy) is 1. The Morgan fingerprint density at radius 1 is 1.22 bits per heavy atom. The highest BCUT2D eigenvalue weighted by atomic mass is 19.4. The Labute approximate surface area is 133 Å². The van der Waals surface area contributed by atoms with Crippen molar-refractivity contribution in [2.75, 3.05) is 31.5 Å². The van der Waals surface area contributed by atoms with E-state index in [1.165, 1.54) is 37.1 Å². The van der Waals surface area contributed by atoms with Gasteiger partial charge in [-0.2, -0.15) is 0 Å². The van der Waals surface area contributed by atoms with E-state index in [1.54, 1.807) is 0 Å². The fraction of sp³-hybridized carbons (Fsp3) is 0.533. The molecule has 0 aliphatic carbocycles. The van der Waals surface area contributed by atoms with E-state index in [4.69, 9.17) is 5.73 Å². The Morgan fingerprint density at radius 2 is 1.87 bits per heavy atom. The van der Waals surface area contributed by atoms with Crippen molar-refractivity contribution >= 4 is 11.6 Å². The zero-order valence-electron chi connectivity index (χ0n) is 12.8. The lowest BCUT2D eigenvalue weighted by atomic mass is 10.3. The number of halogens is 3. The van der Waals surface area contributed by atoms with E-state index in [0.717, 1.165) is 26.1 Å². The number of anilines is 1. The molecule has 0 bridgehead atoms. The third-order valence-electron chi connectivity index (χ3n) is 3.47. The van der Waals surface area contributed by atoms with Gasteiger partial charge in [0.1, 0.15) is 5.75 Å². The summed E-state index contributed by atoms with van der Waals surface area (Å²) in [5, 5.41) is 2.84. The van der Waals surface area contributed by atoms with Gasteiger partial charge in [0.15, 0.2) is 5.96 Å². The first-order valence-electron chi connectivity index (χ1n) is 7.57. The van der Waals surface area contributed by atoms with Gasteiger partial charge in [-0.15, -0.1) is 13.2 Å². The van der Waals surface area contributed by atoms with Crippen molar-refractivity contribution in [2.45, 2.75) is 25.6 Å². The smallest absolute Gasteiger partial charge is 0.406 e. The Hall–Kier alpha value is -1.96. The van der Waals surface area contributed by atoms with Crippen LogP contribution in [0.25, 0.3) is 0 Å². The summed E-state index contributed by atoms with van der Waals surface area (Å²) in [5.74, 6) is -0.0277. The first-order valence-corrected chi connectivity index (χ1v) is 7.57. The average molecular weight is 330 g/mol. The largest absolute Gasteiger partial charge is 0.573 e. The molecule has 0 radical (unpaired) electrons. The van der Waals surface area contributed by atoms with Gasteiger partial charge in [0, 0.05) is 12.2 Å². The molecule has 2 rings (SSSR count). The predicted molar refractivity (Wildman–Crippen MR) is 83.5 cm³/mol. The first kappa shape index (κ1) is 17.4. The molecule has 0 unspecified atom stereocenters. The lowest BCUT2D eigenvalue weighted by Gasteiger charge is -2.13. The number of nitrogens with two attached hydrogens (primary N) is 1. The number of aliphatic imine (C=N–C) groups is 1. The molecule has 1 saturated heterocycles. The maximum absolute atomic E-state index is 12.1. The molecule has 0 spiro atoms. The minimum absolute atomic E-state index is 0.246. The number of benzene rings is 1. The number of hydrogen-bond donors (Lipinski definition) is 2. The van der Waals surface area contributed by atoms with Gasteiger partial charge >= 0.3 is 6.36 Å². The molecule has 5 nitrogen and oxygen atoms in total. The lowest BCUT2D eigenvalue weighted by Crippen LogP contribution is -2.24. The van der Waals surface area contributed by atoms with Gasteiger partial charge in [-0.1, -0.05) is 0 Å². The van der Waals surface area contributed by atoms with Gasteiger partial charge < -0.3 is 20.7 Å². The van der Waals surface area contributed by atoms with Crippen LogP contribution >= 0.6 is 0 Å². The molecule has 128 valence electrons. The molecular formula is C15H21F3N4O. The summed E-state index contributed by atoms with van der Waals surface area (Å²) in [5.41, 5.74) is 6.31. The SMILES string of the molecule is NC(=NCCCN1CCCC1)Nc1ccc(OC(F)(F)F)cc1. The summed E-state index contributed by atoms with van der Waals surface area (Å²) in [4.78, 5) is 6.61. The third-order valence-corrected chi connectivity index (χ3v) is 3.47. The van der Waals surface area contributed by atoms with Crippen LogP contribution in [0.15, 0.2) is 29.3 Å². The highest BCUT2D eigenvalue weighted by Crippen LogP contribution is 2.23. The Morgan fingerprint density at radius 3 is 2.48 bits per heavy atom.